The van der Waals surface area contributed by atoms with E-state index in [1.54, 1.807) is 53.9 Å². The van der Waals surface area contributed by atoms with Crippen molar-refractivity contribution in [2.45, 2.75) is 41.9 Å². The molecule has 4 rings (SSSR count). The monoisotopic (exact) mass is 485 g/mol. The molecule has 1 aromatic heterocycles. The molecule has 0 unspecified atom stereocenters. The number of fused-ring (bicyclic) bond motifs is 1. The quantitative estimate of drug-likeness (QED) is 0.497. The molecule has 1 aliphatic rings. The van der Waals surface area contributed by atoms with E-state index in [0.717, 1.165) is 29.5 Å². The largest absolute Gasteiger partial charge is 0.497 e. The number of amides is 1. The maximum atomic E-state index is 12.9. The number of nitrogens with zero attached hydrogens (tertiary/aromatic N) is 2. The number of pyridine rings is 1. The van der Waals surface area contributed by atoms with Crippen molar-refractivity contribution in [1.29, 1.82) is 0 Å². The van der Waals surface area contributed by atoms with Crippen molar-refractivity contribution in [1.82, 2.24) is 9.29 Å². The highest BCUT2D eigenvalue weighted by Crippen LogP contribution is 2.30. The average molecular weight is 486 g/mol. The van der Waals surface area contributed by atoms with Crippen molar-refractivity contribution in [2.75, 3.05) is 25.5 Å². The molecule has 0 saturated carbocycles. The molecule has 9 heteroatoms. The Bertz CT molecular complexity index is 1270. The number of carbonyl (C=O) groups excluding carboxylic acids is 1. The number of hydrogen-bond donors (Lipinski definition) is 1. The molecule has 1 saturated heterocycles. The van der Waals surface area contributed by atoms with Crippen LogP contribution in [0.4, 0.5) is 5.69 Å². The minimum absolute atomic E-state index is 0.128. The number of aromatic nitrogens is 1. The fourth-order valence-electron chi connectivity index (χ4n) is 3.79. The first-order chi connectivity index (χ1) is 15.8. The van der Waals surface area contributed by atoms with Gasteiger partial charge in [-0.2, -0.15) is 4.31 Å². The predicted molar refractivity (Wildman–Crippen MR) is 131 cm³/mol. The van der Waals surface area contributed by atoms with Crippen molar-refractivity contribution in [3.8, 4) is 5.75 Å². The number of aryl methyl sites for hydroxylation is 1. The van der Waals surface area contributed by atoms with Gasteiger partial charge in [0.1, 0.15) is 5.75 Å². The molecule has 174 valence electrons. The second kappa shape index (κ2) is 9.70. The van der Waals surface area contributed by atoms with Crippen LogP contribution < -0.4 is 10.1 Å². The van der Waals surface area contributed by atoms with Crippen LogP contribution in [0.2, 0.25) is 0 Å². The van der Waals surface area contributed by atoms with Crippen molar-refractivity contribution >= 4 is 44.3 Å². The summed E-state index contributed by atoms with van der Waals surface area (Å²) in [6, 6.07) is 14.1. The molecule has 0 aliphatic carbocycles. The summed E-state index contributed by atoms with van der Waals surface area (Å²) in [6.07, 6.45) is 1.80. The Hall–Kier alpha value is -2.62. The molecular weight excluding hydrogens is 458 g/mol. The summed E-state index contributed by atoms with van der Waals surface area (Å²) in [4.78, 5) is 17.6. The van der Waals surface area contributed by atoms with Gasteiger partial charge in [0.25, 0.3) is 0 Å². The van der Waals surface area contributed by atoms with E-state index in [1.807, 2.05) is 19.9 Å². The molecule has 0 radical (unpaired) electrons. The highest BCUT2D eigenvalue weighted by atomic mass is 32.2. The van der Waals surface area contributed by atoms with Crippen LogP contribution >= 0.6 is 11.8 Å². The first-order valence-electron chi connectivity index (χ1n) is 10.8. The number of methoxy groups -OCH3 is 1. The van der Waals surface area contributed by atoms with Gasteiger partial charge in [-0.1, -0.05) is 11.8 Å². The second-order valence-corrected chi connectivity index (χ2v) is 11.3. The summed E-state index contributed by atoms with van der Waals surface area (Å²) in [7, 11) is -1.89. The minimum Gasteiger partial charge on any atom is -0.497 e. The lowest BCUT2D eigenvalue weighted by Gasteiger charge is -2.16. The molecule has 3 aromatic rings. The Balaban J connectivity index is 1.50. The number of sulfonamides is 1. The van der Waals surface area contributed by atoms with Crippen molar-refractivity contribution < 1.29 is 17.9 Å². The van der Waals surface area contributed by atoms with E-state index in [-0.39, 0.29) is 11.2 Å². The molecule has 1 atom stereocenters. The zero-order valence-corrected chi connectivity index (χ0v) is 20.5. The minimum atomic E-state index is -3.48. The van der Waals surface area contributed by atoms with Crippen LogP contribution in [0.15, 0.2) is 58.5 Å². The fourth-order valence-corrected chi connectivity index (χ4v) is 6.26. The smallest absolute Gasteiger partial charge is 0.243 e. The van der Waals surface area contributed by atoms with Gasteiger partial charge in [-0.05, 0) is 80.8 Å². The topological polar surface area (TPSA) is 88.6 Å². The first kappa shape index (κ1) is 23.5. The number of thioether (sulfide) groups is 1. The molecule has 7 nitrogen and oxygen atoms in total. The highest BCUT2D eigenvalue weighted by Gasteiger charge is 2.27. The predicted octanol–water partition coefficient (Wildman–Crippen LogP) is 4.46. The summed E-state index contributed by atoms with van der Waals surface area (Å²) in [6.45, 7) is 4.91. The number of carbonyl (C=O) groups is 1. The lowest BCUT2D eigenvalue weighted by atomic mass is 10.1. The fraction of sp³-hybridized carbons (Fsp3) is 0.333. The van der Waals surface area contributed by atoms with E-state index in [4.69, 9.17) is 4.74 Å². The van der Waals surface area contributed by atoms with E-state index in [9.17, 15) is 13.2 Å². The number of rotatable bonds is 7. The van der Waals surface area contributed by atoms with Crippen LogP contribution in [0.25, 0.3) is 10.9 Å². The Kier molecular flexibility index (Phi) is 6.92. The lowest BCUT2D eigenvalue weighted by Crippen LogP contribution is -2.27. The number of anilines is 1. The zero-order chi connectivity index (χ0) is 23.6. The SMILES string of the molecule is COc1ccc(NC(=O)[C@@H](C)Sc2cc(C)c3cc(S(=O)(=O)N4CCCC4)ccc3n2)cc1. The molecule has 1 amide bonds. The molecule has 1 aliphatic heterocycles. The molecule has 1 N–H and O–H groups in total. The number of hydrogen-bond acceptors (Lipinski definition) is 6. The Morgan fingerprint density at radius 1 is 1.12 bits per heavy atom. The van der Waals surface area contributed by atoms with Crippen LogP contribution in [0.5, 0.6) is 5.75 Å². The van der Waals surface area contributed by atoms with E-state index >= 15 is 0 Å². The number of ether oxygens (including phenoxy) is 1. The van der Waals surface area contributed by atoms with Gasteiger partial charge < -0.3 is 10.1 Å². The Morgan fingerprint density at radius 2 is 1.82 bits per heavy atom. The Morgan fingerprint density at radius 3 is 2.48 bits per heavy atom. The van der Waals surface area contributed by atoms with Crippen molar-refractivity contribution in [2.24, 2.45) is 0 Å². The van der Waals surface area contributed by atoms with Crippen molar-refractivity contribution in [3.05, 3.63) is 54.1 Å². The van der Waals surface area contributed by atoms with Gasteiger partial charge >= 0.3 is 0 Å². The van der Waals surface area contributed by atoms with E-state index < -0.39 is 10.0 Å². The third kappa shape index (κ3) is 5.15. The summed E-state index contributed by atoms with van der Waals surface area (Å²) in [5.41, 5.74) is 2.33. The van der Waals surface area contributed by atoms with Crippen LogP contribution in [0.1, 0.15) is 25.3 Å². The van der Waals surface area contributed by atoms with E-state index in [0.29, 0.717) is 34.2 Å². The third-order valence-corrected chi connectivity index (χ3v) is 8.60. The lowest BCUT2D eigenvalue weighted by molar-refractivity contribution is -0.115. The van der Waals surface area contributed by atoms with Gasteiger partial charge in [0.15, 0.2) is 0 Å². The van der Waals surface area contributed by atoms with Crippen LogP contribution in [0, 0.1) is 6.92 Å². The molecule has 2 aromatic carbocycles. The summed E-state index contributed by atoms with van der Waals surface area (Å²) in [5.74, 6) is 0.597. The van der Waals surface area contributed by atoms with Crippen LogP contribution in [-0.2, 0) is 14.8 Å². The average Bonchev–Trinajstić information content (AvgIpc) is 3.35. The molecular formula is C24H27N3O4S2. The van der Waals surface area contributed by atoms with E-state index in [2.05, 4.69) is 10.3 Å². The molecule has 33 heavy (non-hydrogen) atoms. The van der Waals surface area contributed by atoms with Gasteiger partial charge in [0, 0.05) is 24.2 Å². The zero-order valence-electron chi connectivity index (χ0n) is 18.9. The summed E-state index contributed by atoms with van der Waals surface area (Å²) >= 11 is 1.36. The van der Waals surface area contributed by atoms with E-state index in [1.165, 1.54) is 11.8 Å². The molecule has 2 heterocycles. The van der Waals surface area contributed by atoms with Gasteiger partial charge in [0.05, 0.1) is 27.8 Å². The van der Waals surface area contributed by atoms with Crippen LogP contribution in [-0.4, -0.2) is 49.1 Å². The van der Waals surface area contributed by atoms with Gasteiger partial charge in [-0.15, -0.1) is 0 Å². The maximum Gasteiger partial charge on any atom is 0.243 e. The van der Waals surface area contributed by atoms with Crippen LogP contribution in [0.3, 0.4) is 0 Å². The molecule has 1 fully saturated rings. The number of benzene rings is 2. The maximum absolute atomic E-state index is 12.9. The molecule has 0 spiro atoms. The number of nitrogens with one attached hydrogen (secondary N) is 1. The highest BCUT2D eigenvalue weighted by molar-refractivity contribution is 8.00. The normalized spacial score (nSPS) is 15.5. The Labute approximate surface area is 198 Å². The van der Waals surface area contributed by atoms with Gasteiger partial charge in [-0.3, -0.25) is 4.79 Å². The van der Waals surface area contributed by atoms with Crippen molar-refractivity contribution in [3.63, 3.8) is 0 Å². The van der Waals surface area contributed by atoms with Gasteiger partial charge in [-0.25, -0.2) is 13.4 Å². The standard InChI is InChI=1S/C24H27N3O4S2/c1-16-14-23(32-17(2)24(28)25-18-6-8-19(31-3)9-7-18)26-22-11-10-20(15-21(16)22)33(29,30)27-12-4-5-13-27/h6-11,14-15,17H,4-5,12-13H2,1-3H3,(H,25,28)/t17-/m1/s1. The summed E-state index contributed by atoms with van der Waals surface area (Å²) in [5, 5.41) is 4.05. The molecule has 0 bridgehead atoms. The summed E-state index contributed by atoms with van der Waals surface area (Å²) < 4.78 is 32.5. The van der Waals surface area contributed by atoms with Gasteiger partial charge in [0.2, 0.25) is 15.9 Å². The first-order valence-corrected chi connectivity index (χ1v) is 13.1. The second-order valence-electron chi connectivity index (χ2n) is 8.05. The third-order valence-electron chi connectivity index (χ3n) is 5.69.